The molecule has 1 unspecified atom stereocenters. The number of nitrogens with zero attached hydrogens (tertiary/aromatic N) is 3. The van der Waals surface area contributed by atoms with E-state index in [1.54, 1.807) is 12.4 Å². The Morgan fingerprint density at radius 3 is 2.87 bits per heavy atom. The predicted molar refractivity (Wildman–Crippen MR) is 86.8 cm³/mol. The van der Waals surface area contributed by atoms with E-state index in [9.17, 15) is 4.79 Å². The van der Waals surface area contributed by atoms with Crippen LogP contribution in [-0.2, 0) is 0 Å². The molecule has 6 heteroatoms. The second-order valence-corrected chi connectivity index (χ2v) is 7.22. The highest BCUT2D eigenvalue weighted by Gasteiger charge is 2.29. The quantitative estimate of drug-likeness (QED) is 0.907. The van der Waals surface area contributed by atoms with Crippen molar-refractivity contribution < 1.29 is 4.79 Å². The Labute approximate surface area is 135 Å². The van der Waals surface area contributed by atoms with Crippen molar-refractivity contribution in [3.8, 4) is 6.07 Å². The number of carbonyl (C=O) groups excluding carboxylic acids is 1. The van der Waals surface area contributed by atoms with Crippen molar-refractivity contribution in [3.63, 3.8) is 0 Å². The summed E-state index contributed by atoms with van der Waals surface area (Å²) in [7, 11) is 0. The first-order valence-electron chi connectivity index (χ1n) is 7.92. The topological polar surface area (TPSA) is 94.5 Å². The summed E-state index contributed by atoms with van der Waals surface area (Å²) in [5, 5.41) is 12.0. The third-order valence-corrected chi connectivity index (χ3v) is 4.29. The van der Waals surface area contributed by atoms with Crippen molar-refractivity contribution in [3.05, 3.63) is 23.7 Å². The first kappa shape index (κ1) is 15.5. The molecule has 1 amide bonds. The van der Waals surface area contributed by atoms with Gasteiger partial charge in [0.1, 0.15) is 5.52 Å². The number of nitriles is 1. The molecule has 1 atom stereocenters. The van der Waals surface area contributed by atoms with Gasteiger partial charge in [-0.15, -0.1) is 0 Å². The lowest BCUT2D eigenvalue weighted by Crippen LogP contribution is -2.43. The minimum atomic E-state index is -0.218. The maximum absolute atomic E-state index is 12.6. The zero-order valence-electron chi connectivity index (χ0n) is 13.7. The number of rotatable bonds is 4. The molecule has 2 aromatic heterocycles. The van der Waals surface area contributed by atoms with Gasteiger partial charge in [0, 0.05) is 18.2 Å². The summed E-state index contributed by atoms with van der Waals surface area (Å²) < 4.78 is 0. The fraction of sp³-hybridized carbons (Fsp3) is 0.529. The molecule has 1 saturated carbocycles. The molecule has 1 aliphatic carbocycles. The van der Waals surface area contributed by atoms with Crippen LogP contribution in [0.2, 0.25) is 0 Å². The van der Waals surface area contributed by atoms with Crippen LogP contribution in [0, 0.1) is 16.7 Å². The lowest BCUT2D eigenvalue weighted by atomic mass is 9.85. The number of nitrogens with one attached hydrogen (secondary N) is 2. The summed E-state index contributed by atoms with van der Waals surface area (Å²) in [5.41, 5.74) is 2.48. The lowest BCUT2D eigenvalue weighted by molar-refractivity contribution is 0.0905. The molecule has 23 heavy (non-hydrogen) atoms. The molecule has 2 N–H and O–H groups in total. The van der Waals surface area contributed by atoms with E-state index in [1.807, 2.05) is 20.8 Å². The second kappa shape index (κ2) is 5.65. The van der Waals surface area contributed by atoms with Gasteiger partial charge in [-0.25, -0.2) is 9.97 Å². The summed E-state index contributed by atoms with van der Waals surface area (Å²) in [6, 6.07) is 1.93. The monoisotopic (exact) mass is 311 g/mol. The number of hydrogen-bond donors (Lipinski definition) is 2. The van der Waals surface area contributed by atoms with Crippen LogP contribution in [-0.4, -0.2) is 26.9 Å². The Balaban J connectivity index is 1.88. The van der Waals surface area contributed by atoms with Gasteiger partial charge < -0.3 is 10.3 Å². The van der Waals surface area contributed by atoms with E-state index in [1.165, 1.54) is 0 Å². The Kier molecular flexibility index (Phi) is 3.80. The van der Waals surface area contributed by atoms with Crippen LogP contribution in [0.1, 0.15) is 62.0 Å². The number of H-pyrrole nitrogens is 1. The molecule has 2 aromatic rings. The third kappa shape index (κ3) is 3.19. The lowest BCUT2D eigenvalue weighted by Gasteiger charge is -2.29. The molecule has 0 spiro atoms. The second-order valence-electron chi connectivity index (χ2n) is 7.22. The molecule has 3 rings (SSSR count). The van der Waals surface area contributed by atoms with Crippen molar-refractivity contribution >= 4 is 17.1 Å². The van der Waals surface area contributed by atoms with Crippen molar-refractivity contribution in [1.29, 1.82) is 5.26 Å². The Bertz CT molecular complexity index is 776. The summed E-state index contributed by atoms with van der Waals surface area (Å²) in [6.07, 6.45) is 5.98. The molecule has 2 heterocycles. The molecule has 0 saturated heterocycles. The van der Waals surface area contributed by atoms with E-state index < -0.39 is 0 Å². The van der Waals surface area contributed by atoms with E-state index in [-0.39, 0.29) is 23.8 Å². The van der Waals surface area contributed by atoms with Gasteiger partial charge in [-0.05, 0) is 18.3 Å². The first-order chi connectivity index (χ1) is 10.9. The number of carbonyl (C=O) groups is 1. The van der Waals surface area contributed by atoms with Gasteiger partial charge in [-0.2, -0.15) is 5.26 Å². The molecule has 120 valence electrons. The summed E-state index contributed by atoms with van der Waals surface area (Å²) >= 11 is 0. The van der Waals surface area contributed by atoms with Crippen LogP contribution in [0.25, 0.3) is 11.2 Å². The predicted octanol–water partition coefficient (Wildman–Crippen LogP) is 2.89. The van der Waals surface area contributed by atoms with E-state index in [0.717, 1.165) is 18.5 Å². The van der Waals surface area contributed by atoms with Crippen LogP contribution in [0.4, 0.5) is 0 Å². The van der Waals surface area contributed by atoms with Crippen molar-refractivity contribution in [1.82, 2.24) is 20.3 Å². The highest BCUT2D eigenvalue weighted by atomic mass is 16.1. The van der Waals surface area contributed by atoms with E-state index >= 15 is 0 Å². The molecular formula is C17H21N5O. The van der Waals surface area contributed by atoms with Crippen molar-refractivity contribution in [2.75, 3.05) is 0 Å². The average Bonchev–Trinajstić information content (AvgIpc) is 3.25. The standard InChI is InChI=1S/C17H21N5O/c1-17(2,3)13(6-7-18)22-16(23)11-8-19-15-14(11)21-12(9-20-15)10-4-5-10/h8-10,13H,4-6H2,1-3H3,(H,19,20)(H,22,23). The molecule has 1 fully saturated rings. The largest absolute Gasteiger partial charge is 0.348 e. The maximum Gasteiger partial charge on any atom is 0.255 e. The van der Waals surface area contributed by atoms with E-state index in [0.29, 0.717) is 22.6 Å². The van der Waals surface area contributed by atoms with Gasteiger partial charge in [0.15, 0.2) is 5.65 Å². The molecule has 6 nitrogen and oxygen atoms in total. The van der Waals surface area contributed by atoms with Crippen LogP contribution >= 0.6 is 0 Å². The summed E-state index contributed by atoms with van der Waals surface area (Å²) in [6.45, 7) is 6.03. The SMILES string of the molecule is CC(C)(C)C(CC#N)NC(=O)c1c[nH]c2ncc(C3CC3)nc12. The molecule has 0 radical (unpaired) electrons. The van der Waals surface area contributed by atoms with Gasteiger partial charge in [-0.3, -0.25) is 4.79 Å². The number of aromatic nitrogens is 3. The van der Waals surface area contributed by atoms with Crippen LogP contribution in [0.15, 0.2) is 12.4 Å². The number of fused-ring (bicyclic) bond motifs is 1. The third-order valence-electron chi connectivity index (χ3n) is 4.29. The zero-order valence-corrected chi connectivity index (χ0v) is 13.7. The summed E-state index contributed by atoms with van der Waals surface area (Å²) in [5.74, 6) is 0.271. The van der Waals surface area contributed by atoms with E-state index in [2.05, 4.69) is 26.3 Å². The van der Waals surface area contributed by atoms with Crippen molar-refractivity contribution in [2.24, 2.45) is 5.41 Å². The highest BCUT2D eigenvalue weighted by Crippen LogP contribution is 2.39. The van der Waals surface area contributed by atoms with Gasteiger partial charge in [-0.1, -0.05) is 20.8 Å². The van der Waals surface area contributed by atoms with Gasteiger partial charge in [0.2, 0.25) is 0 Å². The average molecular weight is 311 g/mol. The number of aromatic amines is 1. The minimum Gasteiger partial charge on any atom is -0.348 e. The Morgan fingerprint density at radius 1 is 1.52 bits per heavy atom. The fourth-order valence-corrected chi connectivity index (χ4v) is 2.55. The van der Waals surface area contributed by atoms with Crippen LogP contribution in [0.5, 0.6) is 0 Å². The molecule has 1 aliphatic rings. The van der Waals surface area contributed by atoms with E-state index in [4.69, 9.17) is 5.26 Å². The number of hydrogen-bond acceptors (Lipinski definition) is 4. The highest BCUT2D eigenvalue weighted by molar-refractivity contribution is 6.04. The van der Waals surface area contributed by atoms with Gasteiger partial charge in [0.25, 0.3) is 5.91 Å². The minimum absolute atomic E-state index is 0.192. The van der Waals surface area contributed by atoms with Gasteiger partial charge in [0.05, 0.1) is 29.9 Å². The Hall–Kier alpha value is -2.42. The molecule has 0 aliphatic heterocycles. The maximum atomic E-state index is 12.6. The van der Waals surface area contributed by atoms with Crippen molar-refractivity contribution in [2.45, 2.75) is 52.0 Å². The van der Waals surface area contributed by atoms with Gasteiger partial charge >= 0.3 is 0 Å². The molecular weight excluding hydrogens is 290 g/mol. The Morgan fingerprint density at radius 2 is 2.26 bits per heavy atom. The first-order valence-corrected chi connectivity index (χ1v) is 7.92. The fourth-order valence-electron chi connectivity index (χ4n) is 2.55. The smallest absolute Gasteiger partial charge is 0.255 e. The molecule has 0 bridgehead atoms. The summed E-state index contributed by atoms with van der Waals surface area (Å²) in [4.78, 5) is 24.6. The van der Waals surface area contributed by atoms with Crippen LogP contribution < -0.4 is 5.32 Å². The zero-order chi connectivity index (χ0) is 16.6. The normalized spacial score (nSPS) is 16.1. The molecule has 0 aromatic carbocycles. The van der Waals surface area contributed by atoms with Crippen LogP contribution in [0.3, 0.4) is 0 Å². The number of amides is 1.